The van der Waals surface area contributed by atoms with Gasteiger partial charge in [-0.2, -0.15) is 9.50 Å². The summed E-state index contributed by atoms with van der Waals surface area (Å²) in [6.07, 6.45) is 0. The second-order valence-electron chi connectivity index (χ2n) is 4.95. The third kappa shape index (κ3) is 2.31. The summed E-state index contributed by atoms with van der Waals surface area (Å²) in [6.45, 7) is 3.72. The Morgan fingerprint density at radius 1 is 1.09 bits per heavy atom. The summed E-state index contributed by atoms with van der Waals surface area (Å²) in [4.78, 5) is 8.67. The number of benzene rings is 1. The lowest BCUT2D eigenvalue weighted by atomic mass is 10.4. The predicted molar refractivity (Wildman–Crippen MR) is 82.3 cm³/mol. The molecule has 0 aliphatic heterocycles. The van der Waals surface area contributed by atoms with Gasteiger partial charge in [0.05, 0.1) is 4.90 Å². The molecule has 0 saturated carbocycles. The maximum absolute atomic E-state index is 12.6. The topological polar surface area (TPSA) is 80.5 Å². The lowest BCUT2D eigenvalue weighted by molar-refractivity contribution is 0.593. The molecule has 3 rings (SSSR count). The van der Waals surface area contributed by atoms with Crippen LogP contribution in [0.15, 0.2) is 41.3 Å². The molecule has 0 aliphatic carbocycles. The van der Waals surface area contributed by atoms with Crippen LogP contribution in [0.3, 0.4) is 0 Å². The highest BCUT2D eigenvalue weighted by Crippen LogP contribution is 2.19. The zero-order chi connectivity index (χ0) is 15.9. The fraction of sp³-hybridized carbons (Fsp3) is 0.214. The predicted octanol–water partition coefficient (Wildman–Crippen LogP) is 1.57. The summed E-state index contributed by atoms with van der Waals surface area (Å²) in [5, 5.41) is 4.23. The van der Waals surface area contributed by atoms with E-state index in [1.54, 1.807) is 18.2 Å². The number of hydrogen-bond acceptors (Lipinski definition) is 5. The van der Waals surface area contributed by atoms with Crippen LogP contribution in [0.5, 0.6) is 0 Å². The van der Waals surface area contributed by atoms with Gasteiger partial charge in [0.15, 0.2) is 0 Å². The summed E-state index contributed by atoms with van der Waals surface area (Å²) in [6, 6.07) is 10.0. The Balaban J connectivity index is 2.09. The number of aromatic nitrogens is 4. The Hall–Kier alpha value is -2.48. The standard InChI is InChI=1S/C14H15N5O2S/c1-10-9-11(2)19-13(15-10)16-14(17-19)18(3)22(20,21)12-7-5-4-6-8-12/h4-9H,1-3H3. The van der Waals surface area contributed by atoms with E-state index in [4.69, 9.17) is 0 Å². The molecule has 1 aromatic carbocycles. The van der Waals surface area contributed by atoms with E-state index in [9.17, 15) is 8.42 Å². The third-order valence-corrected chi connectivity index (χ3v) is 5.04. The van der Waals surface area contributed by atoms with Gasteiger partial charge in [-0.3, -0.25) is 0 Å². The molecule has 2 heterocycles. The molecule has 0 spiro atoms. The number of rotatable bonds is 3. The third-order valence-electron chi connectivity index (χ3n) is 3.29. The van der Waals surface area contributed by atoms with Crippen molar-refractivity contribution in [2.24, 2.45) is 0 Å². The molecule has 0 bridgehead atoms. The molecule has 0 radical (unpaired) electrons. The molecule has 7 nitrogen and oxygen atoms in total. The van der Waals surface area contributed by atoms with Gasteiger partial charge in [-0.05, 0) is 32.0 Å². The minimum atomic E-state index is -3.70. The highest BCUT2D eigenvalue weighted by atomic mass is 32.2. The van der Waals surface area contributed by atoms with Gasteiger partial charge in [0.25, 0.3) is 21.7 Å². The Morgan fingerprint density at radius 3 is 2.45 bits per heavy atom. The fourth-order valence-electron chi connectivity index (χ4n) is 2.15. The summed E-state index contributed by atoms with van der Waals surface area (Å²) < 4.78 is 27.7. The average molecular weight is 317 g/mol. The molecule has 0 N–H and O–H groups in total. The van der Waals surface area contributed by atoms with E-state index in [0.29, 0.717) is 5.78 Å². The van der Waals surface area contributed by atoms with E-state index < -0.39 is 10.0 Å². The first kappa shape index (κ1) is 14.5. The fourth-order valence-corrected chi connectivity index (χ4v) is 3.26. The number of aryl methyl sites for hydroxylation is 2. The van der Waals surface area contributed by atoms with E-state index in [1.807, 2.05) is 19.9 Å². The molecule has 0 atom stereocenters. The van der Waals surface area contributed by atoms with Crippen LogP contribution in [0.25, 0.3) is 5.78 Å². The Morgan fingerprint density at radius 2 is 1.77 bits per heavy atom. The first-order valence-corrected chi connectivity index (χ1v) is 8.08. The molecule has 8 heteroatoms. The normalized spacial score (nSPS) is 11.8. The van der Waals surface area contributed by atoms with Crippen molar-refractivity contribution >= 4 is 21.7 Å². The Bertz CT molecular complexity index is 935. The molecule has 0 aliphatic rings. The van der Waals surface area contributed by atoms with E-state index in [1.165, 1.54) is 23.7 Å². The van der Waals surface area contributed by atoms with Gasteiger partial charge in [0.1, 0.15) is 0 Å². The molecule has 0 saturated heterocycles. The molecule has 0 fully saturated rings. The minimum Gasteiger partial charge on any atom is -0.235 e. The molecule has 2 aromatic heterocycles. The van der Waals surface area contributed by atoms with Crippen LogP contribution >= 0.6 is 0 Å². The van der Waals surface area contributed by atoms with E-state index >= 15 is 0 Å². The van der Waals surface area contributed by atoms with Crippen molar-refractivity contribution in [3.63, 3.8) is 0 Å². The maximum atomic E-state index is 12.6. The van der Waals surface area contributed by atoms with Crippen molar-refractivity contribution < 1.29 is 8.42 Å². The van der Waals surface area contributed by atoms with Crippen LogP contribution in [0.1, 0.15) is 11.4 Å². The number of nitrogens with zero attached hydrogens (tertiary/aromatic N) is 5. The summed E-state index contributed by atoms with van der Waals surface area (Å²) >= 11 is 0. The smallest absolute Gasteiger partial charge is 0.235 e. The summed E-state index contributed by atoms with van der Waals surface area (Å²) in [5.41, 5.74) is 1.64. The van der Waals surface area contributed by atoms with Gasteiger partial charge in [-0.15, -0.1) is 5.10 Å². The van der Waals surface area contributed by atoms with Gasteiger partial charge in [0.2, 0.25) is 0 Å². The monoisotopic (exact) mass is 317 g/mol. The zero-order valence-corrected chi connectivity index (χ0v) is 13.2. The van der Waals surface area contributed by atoms with Gasteiger partial charge in [-0.25, -0.2) is 17.7 Å². The molecule has 114 valence electrons. The minimum absolute atomic E-state index is 0.0880. The summed E-state index contributed by atoms with van der Waals surface area (Å²) in [7, 11) is -2.27. The number of sulfonamides is 1. The van der Waals surface area contributed by atoms with Crippen molar-refractivity contribution in [2.45, 2.75) is 18.7 Å². The highest BCUT2D eigenvalue weighted by molar-refractivity contribution is 7.92. The van der Waals surface area contributed by atoms with Gasteiger partial charge >= 0.3 is 0 Å². The largest absolute Gasteiger partial charge is 0.266 e. The Kier molecular flexibility index (Phi) is 3.32. The lowest BCUT2D eigenvalue weighted by Crippen LogP contribution is -2.27. The van der Waals surface area contributed by atoms with E-state index in [2.05, 4.69) is 15.1 Å². The van der Waals surface area contributed by atoms with Crippen LogP contribution in [-0.2, 0) is 10.0 Å². The highest BCUT2D eigenvalue weighted by Gasteiger charge is 2.24. The Labute approximate surface area is 128 Å². The van der Waals surface area contributed by atoms with Crippen molar-refractivity contribution in [2.75, 3.05) is 11.4 Å². The van der Waals surface area contributed by atoms with Crippen molar-refractivity contribution in [3.8, 4) is 0 Å². The van der Waals surface area contributed by atoms with Gasteiger partial charge in [0, 0.05) is 18.4 Å². The molecular weight excluding hydrogens is 302 g/mol. The van der Waals surface area contributed by atoms with Crippen molar-refractivity contribution in [3.05, 3.63) is 47.8 Å². The zero-order valence-electron chi connectivity index (χ0n) is 12.4. The van der Waals surface area contributed by atoms with Gasteiger partial charge < -0.3 is 0 Å². The second-order valence-corrected chi connectivity index (χ2v) is 6.92. The SMILES string of the molecule is Cc1cc(C)n2nc(N(C)S(=O)(=O)c3ccccc3)nc2n1. The van der Waals surface area contributed by atoms with Crippen molar-refractivity contribution in [1.29, 1.82) is 0 Å². The average Bonchev–Trinajstić information content (AvgIpc) is 2.91. The molecular formula is C14H15N5O2S. The summed E-state index contributed by atoms with van der Waals surface area (Å²) in [5.74, 6) is 0.465. The van der Waals surface area contributed by atoms with Crippen LogP contribution in [0.2, 0.25) is 0 Å². The van der Waals surface area contributed by atoms with Gasteiger partial charge in [-0.1, -0.05) is 18.2 Å². The second kappa shape index (κ2) is 5.06. The quantitative estimate of drug-likeness (QED) is 0.732. The first-order chi connectivity index (χ1) is 10.4. The molecule has 0 amide bonds. The maximum Gasteiger partial charge on any atom is 0.266 e. The molecule has 0 unspecified atom stereocenters. The lowest BCUT2D eigenvalue weighted by Gasteiger charge is -2.14. The number of hydrogen-bond donors (Lipinski definition) is 0. The molecule has 3 aromatic rings. The number of anilines is 1. The van der Waals surface area contributed by atoms with Crippen LogP contribution < -0.4 is 4.31 Å². The van der Waals surface area contributed by atoms with Crippen LogP contribution in [0.4, 0.5) is 5.95 Å². The first-order valence-electron chi connectivity index (χ1n) is 6.64. The molecule has 22 heavy (non-hydrogen) atoms. The van der Waals surface area contributed by atoms with Crippen molar-refractivity contribution in [1.82, 2.24) is 19.6 Å². The van der Waals surface area contributed by atoms with Crippen LogP contribution in [-0.4, -0.2) is 35.0 Å². The van der Waals surface area contributed by atoms with E-state index in [0.717, 1.165) is 15.7 Å². The van der Waals surface area contributed by atoms with E-state index in [-0.39, 0.29) is 10.8 Å². The number of fused-ring (bicyclic) bond motifs is 1. The van der Waals surface area contributed by atoms with Crippen LogP contribution in [0, 0.1) is 13.8 Å².